The van der Waals surface area contributed by atoms with Crippen LogP contribution >= 0.6 is 0 Å². The van der Waals surface area contributed by atoms with E-state index >= 15 is 0 Å². The van der Waals surface area contributed by atoms with Gasteiger partial charge in [0.2, 0.25) is 0 Å². The fourth-order valence-corrected chi connectivity index (χ4v) is 1.48. The molecule has 2 unspecified atom stereocenters. The Balaban J connectivity index is 2.54. The Labute approximate surface area is 78.7 Å². The Morgan fingerprint density at radius 3 is 3.00 bits per heavy atom. The predicted octanol–water partition coefficient (Wildman–Crippen LogP) is 1.67. The summed E-state index contributed by atoms with van der Waals surface area (Å²) in [7, 11) is 0. The lowest BCUT2D eigenvalue weighted by molar-refractivity contribution is -0.159. The molecule has 0 aromatic heterocycles. The van der Waals surface area contributed by atoms with Crippen molar-refractivity contribution in [3.05, 3.63) is 11.6 Å². The highest BCUT2D eigenvalue weighted by atomic mass is 16.6. The molecule has 2 atom stereocenters. The number of rotatable bonds is 2. The van der Waals surface area contributed by atoms with E-state index in [0.29, 0.717) is 13.0 Å². The van der Waals surface area contributed by atoms with E-state index in [9.17, 15) is 4.79 Å². The standard InChI is InChI=1S/C10H16O3/c1-4-12-10(11)9-6-7(2)5-8(3)13-9/h5,8-9H,4,6H2,1-3H3. The predicted molar refractivity (Wildman–Crippen MR) is 49.3 cm³/mol. The van der Waals surface area contributed by atoms with Crippen LogP contribution in [0, 0.1) is 0 Å². The molecule has 1 aliphatic rings. The zero-order chi connectivity index (χ0) is 9.84. The Bertz CT molecular complexity index is 220. The summed E-state index contributed by atoms with van der Waals surface area (Å²) in [4.78, 5) is 11.3. The molecule has 3 nitrogen and oxygen atoms in total. The average Bonchev–Trinajstić information content (AvgIpc) is 2.03. The van der Waals surface area contributed by atoms with Gasteiger partial charge in [0.15, 0.2) is 6.10 Å². The van der Waals surface area contributed by atoms with Crippen LogP contribution in [0.1, 0.15) is 27.2 Å². The Kier molecular flexibility index (Phi) is 3.48. The zero-order valence-corrected chi connectivity index (χ0v) is 8.37. The summed E-state index contributed by atoms with van der Waals surface area (Å²) in [5, 5.41) is 0. The zero-order valence-electron chi connectivity index (χ0n) is 8.37. The number of ether oxygens (including phenoxy) is 2. The Hall–Kier alpha value is -0.830. The van der Waals surface area contributed by atoms with Crippen LogP contribution in [-0.4, -0.2) is 24.8 Å². The summed E-state index contributed by atoms with van der Waals surface area (Å²) in [6.45, 7) is 6.14. The van der Waals surface area contributed by atoms with E-state index in [1.165, 1.54) is 5.57 Å². The monoisotopic (exact) mass is 184 g/mol. The van der Waals surface area contributed by atoms with Crippen LogP contribution in [0.3, 0.4) is 0 Å². The summed E-state index contributed by atoms with van der Waals surface area (Å²) >= 11 is 0. The molecule has 0 N–H and O–H groups in total. The van der Waals surface area contributed by atoms with Gasteiger partial charge < -0.3 is 9.47 Å². The van der Waals surface area contributed by atoms with E-state index in [2.05, 4.69) is 0 Å². The van der Waals surface area contributed by atoms with E-state index in [1.54, 1.807) is 6.92 Å². The fourth-order valence-electron chi connectivity index (χ4n) is 1.48. The lowest BCUT2D eigenvalue weighted by Crippen LogP contribution is -2.32. The maximum absolute atomic E-state index is 11.3. The minimum absolute atomic E-state index is 0.0168. The molecule has 0 saturated carbocycles. The molecule has 1 rings (SSSR count). The van der Waals surface area contributed by atoms with Gasteiger partial charge in [0.05, 0.1) is 12.7 Å². The molecule has 0 saturated heterocycles. The SMILES string of the molecule is CCOC(=O)C1CC(C)=CC(C)O1. The van der Waals surface area contributed by atoms with Gasteiger partial charge in [-0.25, -0.2) is 4.79 Å². The summed E-state index contributed by atoms with van der Waals surface area (Å²) in [6, 6.07) is 0. The van der Waals surface area contributed by atoms with Crippen molar-refractivity contribution in [2.75, 3.05) is 6.61 Å². The topological polar surface area (TPSA) is 35.5 Å². The fraction of sp³-hybridized carbons (Fsp3) is 0.700. The van der Waals surface area contributed by atoms with Gasteiger partial charge in [0.25, 0.3) is 0 Å². The number of hydrogen-bond acceptors (Lipinski definition) is 3. The van der Waals surface area contributed by atoms with Crippen molar-refractivity contribution in [2.45, 2.75) is 39.4 Å². The first-order valence-electron chi connectivity index (χ1n) is 4.63. The second kappa shape index (κ2) is 4.42. The van der Waals surface area contributed by atoms with Crippen molar-refractivity contribution in [2.24, 2.45) is 0 Å². The molecule has 13 heavy (non-hydrogen) atoms. The second-order valence-corrected chi connectivity index (χ2v) is 3.30. The highest BCUT2D eigenvalue weighted by molar-refractivity contribution is 5.75. The molecule has 0 amide bonds. The second-order valence-electron chi connectivity index (χ2n) is 3.30. The van der Waals surface area contributed by atoms with Crippen molar-refractivity contribution in [3.63, 3.8) is 0 Å². The molecule has 0 spiro atoms. The molecule has 3 heteroatoms. The number of carbonyl (C=O) groups is 1. The van der Waals surface area contributed by atoms with Gasteiger partial charge in [0, 0.05) is 6.42 Å². The average molecular weight is 184 g/mol. The van der Waals surface area contributed by atoms with Gasteiger partial charge in [-0.2, -0.15) is 0 Å². The molecule has 0 radical (unpaired) electrons. The van der Waals surface area contributed by atoms with Crippen LogP contribution < -0.4 is 0 Å². The van der Waals surface area contributed by atoms with Crippen LogP contribution in [0.2, 0.25) is 0 Å². The highest BCUT2D eigenvalue weighted by Gasteiger charge is 2.25. The van der Waals surface area contributed by atoms with Crippen LogP contribution in [-0.2, 0) is 14.3 Å². The van der Waals surface area contributed by atoms with Crippen LogP contribution in [0.5, 0.6) is 0 Å². The molecule has 0 aromatic carbocycles. The van der Waals surface area contributed by atoms with Crippen molar-refractivity contribution in [3.8, 4) is 0 Å². The summed E-state index contributed by atoms with van der Waals surface area (Å²) < 4.78 is 10.3. The maximum atomic E-state index is 11.3. The molecule has 1 heterocycles. The molecule has 74 valence electrons. The summed E-state index contributed by atoms with van der Waals surface area (Å²) in [5.74, 6) is -0.248. The quantitative estimate of drug-likeness (QED) is 0.483. The first-order valence-corrected chi connectivity index (χ1v) is 4.63. The van der Waals surface area contributed by atoms with E-state index < -0.39 is 6.10 Å². The van der Waals surface area contributed by atoms with Crippen LogP contribution in [0.4, 0.5) is 0 Å². The lowest BCUT2D eigenvalue weighted by atomic mass is 10.0. The minimum atomic E-state index is -0.403. The highest BCUT2D eigenvalue weighted by Crippen LogP contribution is 2.19. The van der Waals surface area contributed by atoms with Crippen molar-refractivity contribution >= 4 is 5.97 Å². The molecule has 0 aromatic rings. The van der Waals surface area contributed by atoms with Gasteiger partial charge in [-0.05, 0) is 20.8 Å². The smallest absolute Gasteiger partial charge is 0.335 e. The van der Waals surface area contributed by atoms with Crippen LogP contribution in [0.15, 0.2) is 11.6 Å². The molecular formula is C10H16O3. The third-order valence-electron chi connectivity index (χ3n) is 1.96. The van der Waals surface area contributed by atoms with E-state index in [-0.39, 0.29) is 12.1 Å². The van der Waals surface area contributed by atoms with Gasteiger partial charge >= 0.3 is 5.97 Å². The van der Waals surface area contributed by atoms with Crippen molar-refractivity contribution in [1.82, 2.24) is 0 Å². The van der Waals surface area contributed by atoms with E-state index in [1.807, 2.05) is 19.9 Å². The maximum Gasteiger partial charge on any atom is 0.335 e. The largest absolute Gasteiger partial charge is 0.464 e. The van der Waals surface area contributed by atoms with Gasteiger partial charge in [-0.15, -0.1) is 0 Å². The summed E-state index contributed by atoms with van der Waals surface area (Å²) in [5.41, 5.74) is 1.19. The van der Waals surface area contributed by atoms with Crippen molar-refractivity contribution in [1.29, 1.82) is 0 Å². The number of carbonyl (C=O) groups excluding carboxylic acids is 1. The van der Waals surface area contributed by atoms with Gasteiger partial charge in [-0.1, -0.05) is 11.6 Å². The summed E-state index contributed by atoms with van der Waals surface area (Å²) in [6.07, 6.45) is 2.29. The lowest BCUT2D eigenvalue weighted by Gasteiger charge is -2.24. The molecular weight excluding hydrogens is 168 g/mol. The van der Waals surface area contributed by atoms with E-state index in [0.717, 1.165) is 0 Å². The molecule has 1 aliphatic heterocycles. The number of esters is 1. The van der Waals surface area contributed by atoms with Crippen LogP contribution in [0.25, 0.3) is 0 Å². The third kappa shape index (κ3) is 2.84. The van der Waals surface area contributed by atoms with E-state index in [4.69, 9.17) is 9.47 Å². The first-order chi connectivity index (χ1) is 6.13. The molecule has 0 aliphatic carbocycles. The Morgan fingerprint density at radius 1 is 1.77 bits per heavy atom. The Morgan fingerprint density at radius 2 is 2.46 bits per heavy atom. The van der Waals surface area contributed by atoms with Gasteiger partial charge in [-0.3, -0.25) is 0 Å². The normalized spacial score (nSPS) is 28.1. The minimum Gasteiger partial charge on any atom is -0.464 e. The van der Waals surface area contributed by atoms with Gasteiger partial charge in [0.1, 0.15) is 0 Å². The first kappa shape index (κ1) is 10.3. The van der Waals surface area contributed by atoms with Crippen molar-refractivity contribution < 1.29 is 14.3 Å². The molecule has 0 bridgehead atoms. The number of hydrogen-bond donors (Lipinski definition) is 0. The third-order valence-corrected chi connectivity index (χ3v) is 1.96. The molecule has 0 fully saturated rings.